The highest BCUT2D eigenvalue weighted by Gasteiger charge is 2.68. The van der Waals surface area contributed by atoms with Gasteiger partial charge in [-0.3, -0.25) is 0 Å². The highest BCUT2D eigenvalue weighted by Crippen LogP contribution is 2.70. The Hall–Kier alpha value is -0.670. The van der Waals surface area contributed by atoms with E-state index in [0.717, 1.165) is 18.8 Å². The van der Waals surface area contributed by atoms with E-state index in [1.807, 2.05) is 0 Å². The summed E-state index contributed by atoms with van der Waals surface area (Å²) in [4.78, 5) is 0. The Morgan fingerprint density at radius 1 is 0.972 bits per heavy atom. The molecule has 0 saturated heterocycles. The topological polar surface area (TPSA) is 60.7 Å². The average molecular weight is 504 g/mol. The third-order valence-electron chi connectivity index (χ3n) is 12.0. The molecule has 0 N–H and O–H groups in total. The molecule has 12 atom stereocenters. The fraction of sp³-hybridized carbons (Fsp3) is 0.968. The molecule has 206 valence electrons. The summed E-state index contributed by atoms with van der Waals surface area (Å²) >= 11 is 0. The smallest absolute Gasteiger partial charge is 0.146 e. The van der Waals surface area contributed by atoms with Gasteiger partial charge in [0.05, 0.1) is 18.3 Å². The zero-order chi connectivity index (χ0) is 26.1. The minimum absolute atomic E-state index is 0.0761. The summed E-state index contributed by atoms with van der Waals surface area (Å²) in [6.07, 6.45) is 10.8. The molecule has 4 aliphatic carbocycles. The van der Waals surface area contributed by atoms with Crippen molar-refractivity contribution in [1.29, 1.82) is 5.26 Å². The Morgan fingerprint density at radius 2 is 1.69 bits per heavy atom. The predicted octanol–water partition coefficient (Wildman–Crippen LogP) is 7.06. The Labute approximate surface area is 221 Å². The largest absolute Gasteiger partial charge is 0.359 e. The van der Waals surface area contributed by atoms with E-state index in [2.05, 4.69) is 40.7 Å². The molecular weight excluding hydrogens is 450 g/mol. The van der Waals surface area contributed by atoms with Crippen molar-refractivity contribution in [3.63, 3.8) is 0 Å². The van der Waals surface area contributed by atoms with Crippen LogP contribution in [-0.4, -0.2) is 40.0 Å². The summed E-state index contributed by atoms with van der Waals surface area (Å²) < 4.78 is 24.4. The van der Waals surface area contributed by atoms with Crippen LogP contribution in [0.15, 0.2) is 0 Å². The number of ether oxygens (including phenoxy) is 4. The van der Waals surface area contributed by atoms with Gasteiger partial charge in [0, 0.05) is 26.1 Å². The Bertz CT molecular complexity index is 768. The third kappa shape index (κ3) is 4.67. The van der Waals surface area contributed by atoms with Gasteiger partial charge in [0.2, 0.25) is 0 Å². The maximum atomic E-state index is 9.29. The van der Waals surface area contributed by atoms with Gasteiger partial charge < -0.3 is 18.9 Å². The van der Waals surface area contributed by atoms with E-state index in [1.165, 1.54) is 38.5 Å². The lowest BCUT2D eigenvalue weighted by Gasteiger charge is -2.66. The summed E-state index contributed by atoms with van der Waals surface area (Å²) in [6.45, 7) is 13.1. The van der Waals surface area contributed by atoms with Gasteiger partial charge >= 0.3 is 0 Å². The van der Waals surface area contributed by atoms with Gasteiger partial charge in [-0.1, -0.05) is 47.5 Å². The number of hydrogen-bond donors (Lipinski definition) is 0. The fourth-order valence-corrected chi connectivity index (χ4v) is 10.3. The van der Waals surface area contributed by atoms with E-state index in [-0.39, 0.29) is 17.6 Å². The third-order valence-corrected chi connectivity index (χ3v) is 12.0. The normalized spacial score (nSPS) is 46.9. The van der Waals surface area contributed by atoms with Gasteiger partial charge in [-0.05, 0) is 91.3 Å². The molecule has 4 saturated carbocycles. The molecule has 0 heterocycles. The molecule has 5 heteroatoms. The summed E-state index contributed by atoms with van der Waals surface area (Å²) in [5, 5.41) is 9.29. The van der Waals surface area contributed by atoms with Crippen LogP contribution in [0.4, 0.5) is 0 Å². The molecule has 4 aliphatic rings. The van der Waals surface area contributed by atoms with Crippen LogP contribution in [-0.2, 0) is 18.9 Å². The van der Waals surface area contributed by atoms with Crippen LogP contribution in [0.3, 0.4) is 0 Å². The minimum atomic E-state index is 0.0761. The second-order valence-electron chi connectivity index (χ2n) is 13.4. The van der Waals surface area contributed by atoms with Crippen LogP contribution in [0.25, 0.3) is 0 Å². The van der Waals surface area contributed by atoms with Crippen LogP contribution in [0.5, 0.6) is 0 Å². The Morgan fingerprint density at radius 3 is 2.36 bits per heavy atom. The maximum absolute atomic E-state index is 9.29. The van der Waals surface area contributed by atoms with Gasteiger partial charge in [-0.15, -0.1) is 0 Å². The van der Waals surface area contributed by atoms with Crippen LogP contribution < -0.4 is 0 Å². The quantitative estimate of drug-likeness (QED) is 0.299. The monoisotopic (exact) mass is 503 g/mol. The summed E-state index contributed by atoms with van der Waals surface area (Å²) in [5.41, 5.74) is 0.415. The van der Waals surface area contributed by atoms with Gasteiger partial charge in [-0.25, -0.2) is 0 Å². The fourth-order valence-electron chi connectivity index (χ4n) is 10.3. The molecule has 0 spiro atoms. The van der Waals surface area contributed by atoms with Crippen molar-refractivity contribution in [3.05, 3.63) is 0 Å². The summed E-state index contributed by atoms with van der Waals surface area (Å²) in [7, 11) is 3.50. The molecule has 0 aromatic rings. The van der Waals surface area contributed by atoms with Crippen molar-refractivity contribution in [2.24, 2.45) is 58.2 Å². The molecular formula is C31H53NO4. The van der Waals surface area contributed by atoms with Crippen molar-refractivity contribution < 1.29 is 18.9 Å². The van der Waals surface area contributed by atoms with Gasteiger partial charge in [0.15, 0.2) is 0 Å². The van der Waals surface area contributed by atoms with Crippen molar-refractivity contribution >= 4 is 0 Å². The van der Waals surface area contributed by atoms with Gasteiger partial charge in [0.25, 0.3) is 0 Å². The molecule has 4 unspecified atom stereocenters. The lowest BCUT2D eigenvalue weighted by atomic mass is 9.40. The molecule has 36 heavy (non-hydrogen) atoms. The lowest BCUT2D eigenvalue weighted by molar-refractivity contribution is -0.262. The molecule has 0 aliphatic heterocycles. The average Bonchev–Trinajstić information content (AvgIpc) is 3.23. The first kappa shape index (κ1) is 28.3. The van der Waals surface area contributed by atoms with E-state index in [1.54, 1.807) is 14.2 Å². The first-order chi connectivity index (χ1) is 17.3. The number of fused-ring (bicyclic) bond motifs is 5. The SMILES string of the molecule is CC[C@H]1C(OCOC)C2C3CC[C@H]([C@H](C)CCC#N)[C@@]3(C)[C@@H](OCOC)CC2[C@@]2(C)CC[C@@H](C)C[C@@H]12. The highest BCUT2D eigenvalue weighted by atomic mass is 16.7. The van der Waals surface area contributed by atoms with Crippen LogP contribution in [0.2, 0.25) is 0 Å². The van der Waals surface area contributed by atoms with E-state index >= 15 is 0 Å². The van der Waals surface area contributed by atoms with E-state index in [9.17, 15) is 5.26 Å². The maximum Gasteiger partial charge on any atom is 0.146 e. The second kappa shape index (κ2) is 11.6. The number of rotatable bonds is 10. The van der Waals surface area contributed by atoms with Crippen molar-refractivity contribution in [2.45, 2.75) is 105 Å². The van der Waals surface area contributed by atoms with E-state index in [0.29, 0.717) is 66.8 Å². The molecule has 0 aromatic carbocycles. The lowest BCUT2D eigenvalue weighted by Crippen LogP contribution is -2.65. The van der Waals surface area contributed by atoms with Crippen LogP contribution in [0.1, 0.15) is 92.4 Å². The van der Waals surface area contributed by atoms with E-state index in [4.69, 9.17) is 18.9 Å². The van der Waals surface area contributed by atoms with Gasteiger partial charge in [-0.2, -0.15) is 5.26 Å². The standard InChI is InChI=1S/C31H53NO4/c1-8-22-25-16-20(2)13-14-30(25,4)26-17-27(35-18-33-6)31(5)23(21(3)10-9-15-32)11-12-24(31)28(26)29(22)36-19-34-7/h20-29H,8-14,16-19H2,1-7H3/t20-,21-,22-,23-,24?,25+,26?,27+,28?,29?,30+,31-/m1/s1. The number of hydrogen-bond acceptors (Lipinski definition) is 5. The molecule has 0 bridgehead atoms. The van der Waals surface area contributed by atoms with Crippen LogP contribution >= 0.6 is 0 Å². The first-order valence-corrected chi connectivity index (χ1v) is 14.9. The van der Waals surface area contributed by atoms with Crippen molar-refractivity contribution in [1.82, 2.24) is 0 Å². The second-order valence-corrected chi connectivity index (χ2v) is 13.4. The van der Waals surface area contributed by atoms with Crippen molar-refractivity contribution in [2.75, 3.05) is 27.8 Å². The van der Waals surface area contributed by atoms with Crippen LogP contribution in [0, 0.1) is 69.5 Å². The highest BCUT2D eigenvalue weighted by molar-refractivity contribution is 5.16. The molecule has 0 aromatic heterocycles. The number of methoxy groups -OCH3 is 2. The molecule has 0 amide bonds. The van der Waals surface area contributed by atoms with E-state index < -0.39 is 0 Å². The summed E-state index contributed by atoms with van der Waals surface area (Å²) in [5.74, 6) is 4.89. The van der Waals surface area contributed by atoms with Gasteiger partial charge in [0.1, 0.15) is 13.6 Å². The summed E-state index contributed by atoms with van der Waals surface area (Å²) in [6, 6.07) is 2.40. The molecule has 4 fully saturated rings. The first-order valence-electron chi connectivity index (χ1n) is 14.9. The molecule has 4 rings (SSSR count). The zero-order valence-electron chi connectivity index (χ0n) is 24.1. The Balaban J connectivity index is 1.77. The number of nitriles is 1. The number of nitrogens with zero attached hydrogens (tertiary/aromatic N) is 1. The molecule has 5 nitrogen and oxygen atoms in total. The van der Waals surface area contributed by atoms with Crippen molar-refractivity contribution in [3.8, 4) is 6.07 Å². The Kier molecular flexibility index (Phi) is 9.13. The molecule has 0 radical (unpaired) electrons. The minimum Gasteiger partial charge on any atom is -0.359 e. The predicted molar refractivity (Wildman–Crippen MR) is 142 cm³/mol. The zero-order valence-corrected chi connectivity index (χ0v) is 24.1.